The molecule has 1 aliphatic carbocycles. The normalized spacial score (nSPS) is 30.7. The van der Waals surface area contributed by atoms with Crippen LogP contribution in [-0.2, 0) is 0 Å². The van der Waals surface area contributed by atoms with Crippen molar-refractivity contribution in [3.63, 3.8) is 0 Å². The van der Waals surface area contributed by atoms with Crippen LogP contribution in [0.15, 0.2) is 0 Å². The van der Waals surface area contributed by atoms with E-state index < -0.39 is 0 Å². The number of nitrogens with two attached hydrogens (primary N) is 1. The van der Waals surface area contributed by atoms with Gasteiger partial charge < -0.3 is 5.73 Å². The molecular weight excluding hydrogens is 240 g/mol. The highest BCUT2D eigenvalue weighted by atomic mass is 32.2. The van der Waals surface area contributed by atoms with Crippen LogP contribution in [0.3, 0.4) is 0 Å². The molecule has 2 N–H and O–H groups in total. The zero-order valence-electron chi connectivity index (χ0n) is 12.7. The Bertz CT molecular complexity index is 225. The van der Waals surface area contributed by atoms with Crippen LogP contribution in [0.1, 0.15) is 52.4 Å². The molecule has 0 amide bonds. The number of likely N-dealkylation sites (N-methyl/N-ethyl adjacent to an activating group) is 1. The molecule has 1 aliphatic rings. The van der Waals surface area contributed by atoms with Gasteiger partial charge in [0.2, 0.25) is 0 Å². The lowest BCUT2D eigenvalue weighted by molar-refractivity contribution is 0.0354. The maximum Gasteiger partial charge on any atom is 0.0332 e. The Balaban J connectivity index is 2.69. The van der Waals surface area contributed by atoms with Crippen LogP contribution < -0.4 is 5.73 Å². The van der Waals surface area contributed by atoms with Gasteiger partial charge >= 0.3 is 0 Å². The van der Waals surface area contributed by atoms with E-state index in [1.165, 1.54) is 44.3 Å². The van der Waals surface area contributed by atoms with Crippen LogP contribution in [0, 0.1) is 5.92 Å². The quantitative estimate of drug-likeness (QED) is 0.770. The summed E-state index contributed by atoms with van der Waals surface area (Å²) in [6, 6.07) is 0.682. The average Bonchev–Trinajstić information content (AvgIpc) is 2.44. The largest absolute Gasteiger partial charge is 0.329 e. The summed E-state index contributed by atoms with van der Waals surface area (Å²) >= 11 is 1.96. The van der Waals surface area contributed by atoms with Crippen LogP contribution >= 0.6 is 11.8 Å². The monoisotopic (exact) mass is 272 g/mol. The Labute approximate surface area is 118 Å². The number of thioether (sulfide) groups is 1. The van der Waals surface area contributed by atoms with Crippen molar-refractivity contribution in [2.75, 3.05) is 25.6 Å². The van der Waals surface area contributed by atoms with Gasteiger partial charge in [-0.2, -0.15) is 11.8 Å². The molecule has 0 radical (unpaired) electrons. The van der Waals surface area contributed by atoms with Crippen molar-refractivity contribution in [3.05, 3.63) is 0 Å². The first-order valence-electron chi connectivity index (χ1n) is 7.55. The molecule has 0 aromatic carbocycles. The molecule has 1 rings (SSSR count). The highest BCUT2D eigenvalue weighted by Gasteiger charge is 2.39. The number of rotatable bonds is 7. The molecule has 1 saturated carbocycles. The fraction of sp³-hybridized carbons (Fsp3) is 1.00. The summed E-state index contributed by atoms with van der Waals surface area (Å²) < 4.78 is 0. The molecule has 0 aromatic rings. The lowest BCUT2D eigenvalue weighted by atomic mass is 9.74. The molecule has 0 spiro atoms. The van der Waals surface area contributed by atoms with Gasteiger partial charge in [0.1, 0.15) is 0 Å². The van der Waals surface area contributed by atoms with Gasteiger partial charge in [0.05, 0.1) is 0 Å². The van der Waals surface area contributed by atoms with E-state index in [9.17, 15) is 0 Å². The van der Waals surface area contributed by atoms with Crippen molar-refractivity contribution < 1.29 is 0 Å². The van der Waals surface area contributed by atoms with E-state index >= 15 is 0 Å². The van der Waals surface area contributed by atoms with Gasteiger partial charge in [-0.15, -0.1) is 0 Å². The maximum atomic E-state index is 6.17. The fourth-order valence-electron chi connectivity index (χ4n) is 3.41. The van der Waals surface area contributed by atoms with E-state index in [0.717, 1.165) is 12.5 Å². The minimum absolute atomic E-state index is 0.280. The Morgan fingerprint density at radius 3 is 2.33 bits per heavy atom. The molecular formula is C15H32N2S. The van der Waals surface area contributed by atoms with Crippen molar-refractivity contribution in [3.8, 4) is 0 Å². The van der Waals surface area contributed by atoms with Gasteiger partial charge in [-0.3, -0.25) is 4.90 Å². The maximum absolute atomic E-state index is 6.17. The van der Waals surface area contributed by atoms with Gasteiger partial charge in [-0.25, -0.2) is 0 Å². The minimum Gasteiger partial charge on any atom is -0.329 e. The summed E-state index contributed by atoms with van der Waals surface area (Å²) in [6.45, 7) is 5.45. The van der Waals surface area contributed by atoms with Crippen molar-refractivity contribution in [1.29, 1.82) is 0 Å². The first-order valence-corrected chi connectivity index (χ1v) is 8.94. The summed E-state index contributed by atoms with van der Waals surface area (Å²) in [5.41, 5.74) is 6.45. The van der Waals surface area contributed by atoms with Crippen LogP contribution in [0.25, 0.3) is 0 Å². The summed E-state index contributed by atoms with van der Waals surface area (Å²) in [7, 11) is 2.31. The summed E-state index contributed by atoms with van der Waals surface area (Å²) in [4.78, 5) is 2.62. The predicted octanol–water partition coefficient (Wildman–Crippen LogP) is 3.36. The van der Waals surface area contributed by atoms with Gasteiger partial charge in [0, 0.05) is 23.9 Å². The summed E-state index contributed by atoms with van der Waals surface area (Å²) in [5.74, 6) is 2.17. The molecule has 108 valence electrons. The number of nitrogens with zero attached hydrogens (tertiary/aromatic N) is 1. The van der Waals surface area contributed by atoms with Crippen LogP contribution in [-0.4, -0.2) is 42.1 Å². The third-order valence-corrected chi connectivity index (χ3v) is 5.84. The van der Waals surface area contributed by atoms with E-state index in [1.807, 2.05) is 11.8 Å². The molecule has 1 fully saturated rings. The predicted molar refractivity (Wildman–Crippen MR) is 84.3 cm³/mol. The molecule has 3 heteroatoms. The van der Waals surface area contributed by atoms with Crippen molar-refractivity contribution in [2.24, 2.45) is 11.7 Å². The lowest BCUT2D eigenvalue weighted by Gasteiger charge is -2.49. The van der Waals surface area contributed by atoms with Crippen LogP contribution in [0.2, 0.25) is 0 Å². The zero-order chi connectivity index (χ0) is 13.6. The van der Waals surface area contributed by atoms with Gasteiger partial charge in [-0.1, -0.05) is 20.3 Å². The topological polar surface area (TPSA) is 29.3 Å². The second-order valence-electron chi connectivity index (χ2n) is 5.91. The Morgan fingerprint density at radius 1 is 1.33 bits per heavy atom. The summed E-state index contributed by atoms with van der Waals surface area (Å²) in [5, 5.41) is 0. The van der Waals surface area contributed by atoms with E-state index in [4.69, 9.17) is 5.73 Å². The molecule has 1 unspecified atom stereocenters. The molecule has 0 aliphatic heterocycles. The van der Waals surface area contributed by atoms with E-state index in [1.54, 1.807) is 0 Å². The van der Waals surface area contributed by atoms with Crippen molar-refractivity contribution in [2.45, 2.75) is 64.0 Å². The second-order valence-corrected chi connectivity index (χ2v) is 6.82. The van der Waals surface area contributed by atoms with E-state index in [0.29, 0.717) is 6.04 Å². The highest BCUT2D eigenvalue weighted by Crippen LogP contribution is 2.38. The van der Waals surface area contributed by atoms with Gasteiger partial charge in [0.15, 0.2) is 0 Å². The van der Waals surface area contributed by atoms with Gasteiger partial charge in [0.25, 0.3) is 0 Å². The first-order chi connectivity index (χ1) is 8.63. The molecule has 1 atom stereocenters. The average molecular weight is 273 g/mol. The molecule has 0 bridgehead atoms. The number of hydrogen-bond donors (Lipinski definition) is 1. The molecule has 0 aromatic heterocycles. The van der Waals surface area contributed by atoms with Crippen LogP contribution in [0.5, 0.6) is 0 Å². The Hall–Kier alpha value is 0.270. The molecule has 2 nitrogen and oxygen atoms in total. The van der Waals surface area contributed by atoms with Crippen molar-refractivity contribution in [1.82, 2.24) is 4.90 Å². The van der Waals surface area contributed by atoms with E-state index in [2.05, 4.69) is 32.1 Å². The molecule has 0 saturated heterocycles. The first kappa shape index (κ1) is 16.3. The second kappa shape index (κ2) is 7.76. The van der Waals surface area contributed by atoms with Crippen LogP contribution in [0.4, 0.5) is 0 Å². The minimum atomic E-state index is 0.280. The van der Waals surface area contributed by atoms with Crippen molar-refractivity contribution >= 4 is 11.8 Å². The fourth-order valence-corrected chi connectivity index (χ4v) is 4.25. The SMILES string of the molecule is CCC1CCC(CN)(N(C)C(CC)CSC)CC1. The smallest absolute Gasteiger partial charge is 0.0332 e. The molecule has 18 heavy (non-hydrogen) atoms. The highest BCUT2D eigenvalue weighted by molar-refractivity contribution is 7.98. The van der Waals surface area contributed by atoms with Gasteiger partial charge in [-0.05, 0) is 51.3 Å². The standard InChI is InChI=1S/C15H32N2S/c1-5-13-7-9-15(12-16,10-8-13)17(3)14(6-2)11-18-4/h13-14H,5-12,16H2,1-4H3. The third kappa shape index (κ3) is 3.64. The summed E-state index contributed by atoms with van der Waals surface area (Å²) in [6.07, 6.45) is 10.1. The lowest BCUT2D eigenvalue weighted by Crippen LogP contribution is -2.58. The third-order valence-electron chi connectivity index (χ3n) is 5.12. The van der Waals surface area contributed by atoms with E-state index in [-0.39, 0.29) is 5.54 Å². The Kier molecular flexibility index (Phi) is 7.04. The zero-order valence-corrected chi connectivity index (χ0v) is 13.6. The number of hydrogen-bond acceptors (Lipinski definition) is 3. The molecule has 0 heterocycles. The Morgan fingerprint density at radius 2 is 1.94 bits per heavy atom.